The zero-order valence-electron chi connectivity index (χ0n) is 43.9. The second-order valence-electron chi connectivity index (χ2n) is 18.1. The van der Waals surface area contributed by atoms with Crippen molar-refractivity contribution in [2.45, 2.75) is 237 Å². The van der Waals surface area contributed by atoms with Crippen molar-refractivity contribution in [3.63, 3.8) is 0 Å². The lowest BCUT2D eigenvalue weighted by atomic mass is 9.98. The van der Waals surface area contributed by atoms with Gasteiger partial charge in [0.25, 0.3) is 0 Å². The van der Waals surface area contributed by atoms with Crippen LogP contribution in [-0.4, -0.2) is 89.2 Å². The van der Waals surface area contributed by atoms with Crippen LogP contribution in [0, 0.1) is 0 Å². The average Bonchev–Trinajstić information content (AvgIpc) is 3.35. The molecule has 0 aromatic heterocycles. The molecular formula is C59H94O12. The highest BCUT2D eigenvalue weighted by Crippen LogP contribution is 2.26. The Labute approximate surface area is 428 Å². The number of esters is 3. The van der Waals surface area contributed by atoms with Gasteiger partial charge in [-0.25, -0.2) is 4.79 Å². The van der Waals surface area contributed by atoms with E-state index in [0.717, 1.165) is 109 Å². The van der Waals surface area contributed by atoms with E-state index in [1.54, 1.807) is 0 Å². The van der Waals surface area contributed by atoms with E-state index in [4.69, 9.17) is 23.7 Å². The molecule has 12 heteroatoms. The summed E-state index contributed by atoms with van der Waals surface area (Å²) in [7, 11) is 0. The minimum absolute atomic E-state index is 0.0184. The molecule has 402 valence electrons. The summed E-state index contributed by atoms with van der Waals surface area (Å²) in [5, 5.41) is 31.3. The molecule has 12 nitrogen and oxygen atoms in total. The maximum absolute atomic E-state index is 13.0. The fourth-order valence-corrected chi connectivity index (χ4v) is 7.52. The van der Waals surface area contributed by atoms with Crippen LogP contribution >= 0.6 is 0 Å². The van der Waals surface area contributed by atoms with E-state index in [-0.39, 0.29) is 25.9 Å². The minimum atomic E-state index is -1.92. The van der Waals surface area contributed by atoms with Crippen LogP contribution in [0.15, 0.2) is 97.2 Å². The van der Waals surface area contributed by atoms with Crippen molar-refractivity contribution in [3.05, 3.63) is 97.2 Å². The van der Waals surface area contributed by atoms with Crippen molar-refractivity contribution in [3.8, 4) is 0 Å². The Kier molecular flexibility index (Phi) is 42.5. The monoisotopic (exact) mass is 995 g/mol. The number of ether oxygens (including phenoxy) is 5. The van der Waals surface area contributed by atoms with Crippen LogP contribution < -0.4 is 0 Å². The van der Waals surface area contributed by atoms with Gasteiger partial charge in [0.1, 0.15) is 18.8 Å². The SMILES string of the molecule is CC/C=C\C/C=C\C/C=C\C/C=C\C/C=C\CCCCCC(=O)OCC(COC1OC(C(=O)O)C(O)C(O)C1OC(=O)CCCCC/C=C\C/C=C\C/C=C\CC)OC(=O)CCCCCCCCCCC. The zero-order chi connectivity index (χ0) is 51.8. The van der Waals surface area contributed by atoms with Crippen LogP contribution in [0.2, 0.25) is 0 Å². The maximum atomic E-state index is 13.0. The Bertz CT molecular complexity index is 1610. The molecule has 1 fully saturated rings. The van der Waals surface area contributed by atoms with Crippen molar-refractivity contribution in [2.24, 2.45) is 0 Å². The summed E-state index contributed by atoms with van der Waals surface area (Å²) in [4.78, 5) is 50.8. The summed E-state index contributed by atoms with van der Waals surface area (Å²) >= 11 is 0. The third-order valence-corrected chi connectivity index (χ3v) is 11.7. The third kappa shape index (κ3) is 37.1. The van der Waals surface area contributed by atoms with E-state index in [2.05, 4.69) is 118 Å². The molecule has 0 bridgehead atoms. The number of aliphatic hydroxyl groups is 2. The lowest BCUT2D eigenvalue weighted by Crippen LogP contribution is -2.61. The van der Waals surface area contributed by atoms with Crippen molar-refractivity contribution in [2.75, 3.05) is 13.2 Å². The highest BCUT2D eigenvalue weighted by atomic mass is 16.7. The van der Waals surface area contributed by atoms with Gasteiger partial charge in [-0.2, -0.15) is 0 Å². The van der Waals surface area contributed by atoms with Crippen LogP contribution in [0.5, 0.6) is 0 Å². The highest BCUT2D eigenvalue weighted by molar-refractivity contribution is 5.74. The van der Waals surface area contributed by atoms with Gasteiger partial charge in [-0.05, 0) is 96.3 Å². The molecule has 1 aliphatic heterocycles. The number of unbranched alkanes of at least 4 members (excludes halogenated alkanes) is 14. The number of carboxylic acids is 1. The Morgan fingerprint density at radius 2 is 0.887 bits per heavy atom. The number of hydrogen-bond acceptors (Lipinski definition) is 11. The largest absolute Gasteiger partial charge is 0.479 e. The zero-order valence-corrected chi connectivity index (χ0v) is 43.9. The van der Waals surface area contributed by atoms with Crippen molar-refractivity contribution in [1.29, 1.82) is 0 Å². The van der Waals surface area contributed by atoms with E-state index >= 15 is 0 Å². The van der Waals surface area contributed by atoms with Crippen LogP contribution in [0.1, 0.15) is 201 Å². The van der Waals surface area contributed by atoms with Crippen LogP contribution in [-0.2, 0) is 42.9 Å². The Hall–Kier alpha value is -4.36. The lowest BCUT2D eigenvalue weighted by Gasteiger charge is -2.40. The normalized spacial score (nSPS) is 19.3. The van der Waals surface area contributed by atoms with Crippen LogP contribution in [0.4, 0.5) is 0 Å². The molecule has 0 radical (unpaired) electrons. The molecule has 1 saturated heterocycles. The standard InChI is InChI=1S/C59H94O12/c1-4-7-10-13-16-19-21-23-24-25-26-27-28-30-31-34-36-39-42-45-51(60)67-48-50(69-52(61)46-43-40-37-33-18-15-12-9-6-3)49-68-59-57(55(64)54(63)56(71-59)58(65)66)70-53(62)47-44-41-38-35-32-29-22-20-17-14-11-8-5-2/h7-8,10-11,16-17,19-20,23-24,26-27,29-32,50,54-57,59,63-64H,4-6,9,12-15,18,21-22,25,28,33-49H2,1-3H3,(H,65,66)/b10-7-,11-8-,19-16-,20-17-,24-23-,27-26-,31-30-,32-29-. The molecule has 3 N–H and O–H groups in total. The van der Waals surface area contributed by atoms with Crippen LogP contribution in [0.3, 0.4) is 0 Å². The summed E-state index contributed by atoms with van der Waals surface area (Å²) in [6.07, 6.45) is 48.3. The van der Waals surface area contributed by atoms with Gasteiger partial charge in [-0.3, -0.25) is 14.4 Å². The first-order valence-electron chi connectivity index (χ1n) is 27.2. The topological polar surface area (TPSA) is 175 Å². The van der Waals surface area contributed by atoms with E-state index in [9.17, 15) is 34.5 Å². The van der Waals surface area contributed by atoms with E-state index in [0.29, 0.717) is 19.3 Å². The molecule has 6 atom stereocenters. The number of aliphatic carboxylic acids is 1. The van der Waals surface area contributed by atoms with Gasteiger partial charge in [0.05, 0.1) is 6.61 Å². The van der Waals surface area contributed by atoms with E-state index in [1.165, 1.54) is 32.1 Å². The van der Waals surface area contributed by atoms with Gasteiger partial charge in [0.2, 0.25) is 0 Å². The molecule has 1 aliphatic rings. The summed E-state index contributed by atoms with van der Waals surface area (Å²) in [6.45, 7) is 5.66. The fourth-order valence-electron chi connectivity index (χ4n) is 7.52. The van der Waals surface area contributed by atoms with Gasteiger partial charge in [-0.1, -0.05) is 182 Å². The number of rotatable bonds is 44. The number of carbonyl (C=O) groups is 4. The molecular weight excluding hydrogens is 901 g/mol. The first-order valence-corrected chi connectivity index (χ1v) is 27.2. The number of hydrogen-bond donors (Lipinski definition) is 3. The lowest BCUT2D eigenvalue weighted by molar-refractivity contribution is -0.301. The summed E-state index contributed by atoms with van der Waals surface area (Å²) in [6, 6.07) is 0. The van der Waals surface area contributed by atoms with Gasteiger partial charge in [0, 0.05) is 19.3 Å². The van der Waals surface area contributed by atoms with Crippen molar-refractivity contribution < 1.29 is 58.2 Å². The highest BCUT2D eigenvalue weighted by Gasteiger charge is 2.50. The molecule has 0 aromatic carbocycles. The smallest absolute Gasteiger partial charge is 0.335 e. The predicted octanol–water partition coefficient (Wildman–Crippen LogP) is 13.3. The van der Waals surface area contributed by atoms with E-state index in [1.807, 2.05) is 0 Å². The average molecular weight is 995 g/mol. The molecule has 6 unspecified atom stereocenters. The van der Waals surface area contributed by atoms with Gasteiger partial charge >= 0.3 is 23.9 Å². The van der Waals surface area contributed by atoms with E-state index < -0.39 is 67.3 Å². The third-order valence-electron chi connectivity index (χ3n) is 11.7. The Balaban J connectivity index is 2.72. The summed E-state index contributed by atoms with van der Waals surface area (Å²) in [5.74, 6) is -3.22. The first-order chi connectivity index (χ1) is 34.6. The molecule has 0 aliphatic carbocycles. The maximum Gasteiger partial charge on any atom is 0.335 e. The molecule has 71 heavy (non-hydrogen) atoms. The molecule has 0 spiro atoms. The minimum Gasteiger partial charge on any atom is -0.479 e. The molecule has 0 aromatic rings. The molecule has 0 saturated carbocycles. The van der Waals surface area contributed by atoms with Gasteiger partial charge in [0.15, 0.2) is 24.6 Å². The number of aliphatic hydroxyl groups excluding tert-OH is 2. The number of carboxylic acid groups (broad SMARTS) is 1. The fraction of sp³-hybridized carbons (Fsp3) is 0.661. The van der Waals surface area contributed by atoms with Gasteiger partial charge in [-0.15, -0.1) is 0 Å². The van der Waals surface area contributed by atoms with Crippen molar-refractivity contribution in [1.82, 2.24) is 0 Å². The summed E-state index contributed by atoms with van der Waals surface area (Å²) < 4.78 is 28.2. The first kappa shape index (κ1) is 64.7. The van der Waals surface area contributed by atoms with Gasteiger partial charge < -0.3 is 39.0 Å². The number of carbonyl (C=O) groups excluding carboxylic acids is 3. The number of allylic oxidation sites excluding steroid dienone is 16. The molecule has 1 heterocycles. The summed E-state index contributed by atoms with van der Waals surface area (Å²) in [5.41, 5.74) is 0. The predicted molar refractivity (Wildman–Crippen MR) is 284 cm³/mol. The molecule has 0 amide bonds. The van der Waals surface area contributed by atoms with Crippen LogP contribution in [0.25, 0.3) is 0 Å². The second-order valence-corrected chi connectivity index (χ2v) is 18.1. The second kappa shape index (κ2) is 46.7. The van der Waals surface area contributed by atoms with Crippen molar-refractivity contribution >= 4 is 23.9 Å². The Morgan fingerprint density at radius 3 is 1.35 bits per heavy atom. The molecule has 1 rings (SSSR count). The Morgan fingerprint density at radius 1 is 0.479 bits per heavy atom. The quantitative estimate of drug-likeness (QED) is 0.0228.